The van der Waals surface area contributed by atoms with Crippen LogP contribution in [-0.2, 0) is 16.0 Å². The number of ether oxygens (including phenoxy) is 1. The summed E-state index contributed by atoms with van der Waals surface area (Å²) in [6, 6.07) is 7.03. The van der Waals surface area contributed by atoms with Crippen molar-refractivity contribution in [3.05, 3.63) is 29.8 Å². The number of rotatable bonds is 18. The van der Waals surface area contributed by atoms with Crippen LogP contribution in [0.4, 0.5) is 0 Å². The first-order valence-corrected chi connectivity index (χ1v) is 11.7. The Hall–Kier alpha value is -1.51. The van der Waals surface area contributed by atoms with Crippen molar-refractivity contribution in [1.29, 1.82) is 0 Å². The number of carbonyl (C=O) groups excluding carboxylic acids is 1. The Kier molecular flexibility index (Phi) is 15.4. The molecule has 0 unspecified atom stereocenters. The van der Waals surface area contributed by atoms with E-state index in [9.17, 15) is 9.90 Å². The highest BCUT2D eigenvalue weighted by Crippen LogP contribution is 2.14. The molecule has 0 saturated heterocycles. The summed E-state index contributed by atoms with van der Waals surface area (Å²) >= 11 is 0. The number of phenols is 1. The number of unbranched alkanes of at least 4 members (excludes halogenated alkanes) is 13. The largest absolute Gasteiger partial charge is 0.508 e. The molecule has 0 fully saturated rings. The zero-order valence-corrected chi connectivity index (χ0v) is 18.1. The van der Waals surface area contributed by atoms with Gasteiger partial charge in [0, 0.05) is 12.8 Å². The molecule has 0 aliphatic rings. The number of hydrogen-bond acceptors (Lipinski definition) is 3. The molecule has 0 heterocycles. The quantitative estimate of drug-likeness (QED) is 0.210. The van der Waals surface area contributed by atoms with Crippen molar-refractivity contribution in [2.75, 3.05) is 6.61 Å². The van der Waals surface area contributed by atoms with E-state index < -0.39 is 0 Å². The molecule has 0 atom stereocenters. The fraction of sp³-hybridized carbons (Fsp3) is 0.720. The van der Waals surface area contributed by atoms with E-state index in [1.165, 1.54) is 77.0 Å². The van der Waals surface area contributed by atoms with Gasteiger partial charge in [-0.05, 0) is 24.1 Å². The van der Waals surface area contributed by atoms with Crippen LogP contribution in [0.25, 0.3) is 0 Å². The zero-order chi connectivity index (χ0) is 20.3. The van der Waals surface area contributed by atoms with Gasteiger partial charge in [-0.3, -0.25) is 4.79 Å². The van der Waals surface area contributed by atoms with Crippen molar-refractivity contribution in [1.82, 2.24) is 0 Å². The summed E-state index contributed by atoms with van der Waals surface area (Å²) in [5.74, 6) is 0.177. The van der Waals surface area contributed by atoms with E-state index in [4.69, 9.17) is 4.74 Å². The highest BCUT2D eigenvalue weighted by molar-refractivity contribution is 5.69. The summed E-state index contributed by atoms with van der Waals surface area (Å²) in [5, 5.41) is 9.24. The van der Waals surface area contributed by atoms with Gasteiger partial charge >= 0.3 is 5.97 Å². The van der Waals surface area contributed by atoms with Crippen LogP contribution in [0.15, 0.2) is 24.3 Å². The minimum atomic E-state index is -0.0854. The maximum absolute atomic E-state index is 11.7. The lowest BCUT2D eigenvalue weighted by molar-refractivity contribution is -0.143. The van der Waals surface area contributed by atoms with Gasteiger partial charge in [-0.2, -0.15) is 0 Å². The summed E-state index contributed by atoms with van der Waals surface area (Å²) in [5.41, 5.74) is 1.07. The summed E-state index contributed by atoms with van der Waals surface area (Å²) in [6.07, 6.45) is 19.8. The monoisotopic (exact) mass is 390 g/mol. The molecule has 0 aliphatic heterocycles. The van der Waals surface area contributed by atoms with Gasteiger partial charge in [-0.1, -0.05) is 103 Å². The van der Waals surface area contributed by atoms with Crippen molar-refractivity contribution in [2.24, 2.45) is 0 Å². The molecule has 0 aliphatic carbocycles. The molecule has 0 radical (unpaired) electrons. The zero-order valence-electron chi connectivity index (χ0n) is 18.1. The molecule has 160 valence electrons. The molecule has 1 aromatic carbocycles. The van der Waals surface area contributed by atoms with Crippen LogP contribution >= 0.6 is 0 Å². The molecule has 0 aromatic heterocycles. The van der Waals surface area contributed by atoms with Gasteiger partial charge in [-0.25, -0.2) is 0 Å². The number of hydrogen-bond donors (Lipinski definition) is 1. The molecule has 0 amide bonds. The molecule has 3 nitrogen and oxygen atoms in total. The fourth-order valence-corrected chi connectivity index (χ4v) is 3.48. The van der Waals surface area contributed by atoms with Gasteiger partial charge in [0.25, 0.3) is 0 Å². The van der Waals surface area contributed by atoms with Crippen LogP contribution in [-0.4, -0.2) is 17.7 Å². The van der Waals surface area contributed by atoms with E-state index >= 15 is 0 Å². The minimum absolute atomic E-state index is 0.0854. The Labute approximate surface area is 172 Å². The predicted octanol–water partition coefficient (Wildman–Crippen LogP) is 7.35. The lowest BCUT2D eigenvalue weighted by Crippen LogP contribution is -2.07. The minimum Gasteiger partial charge on any atom is -0.508 e. The van der Waals surface area contributed by atoms with E-state index in [2.05, 4.69) is 6.92 Å². The van der Waals surface area contributed by atoms with Crippen LogP contribution in [0.3, 0.4) is 0 Å². The van der Waals surface area contributed by atoms with Gasteiger partial charge in [0.15, 0.2) is 0 Å². The topological polar surface area (TPSA) is 46.5 Å². The molecule has 0 bridgehead atoms. The van der Waals surface area contributed by atoms with Crippen LogP contribution in [0.5, 0.6) is 5.75 Å². The third-order valence-corrected chi connectivity index (χ3v) is 5.32. The van der Waals surface area contributed by atoms with E-state index in [1.807, 2.05) is 12.1 Å². The average Bonchev–Trinajstić information content (AvgIpc) is 2.70. The van der Waals surface area contributed by atoms with E-state index in [-0.39, 0.29) is 11.7 Å². The number of benzene rings is 1. The third-order valence-electron chi connectivity index (χ3n) is 5.32. The van der Waals surface area contributed by atoms with Crippen LogP contribution in [0.1, 0.15) is 109 Å². The predicted molar refractivity (Wildman–Crippen MR) is 118 cm³/mol. The van der Waals surface area contributed by atoms with Gasteiger partial charge < -0.3 is 9.84 Å². The molecular formula is C25H42O3. The highest BCUT2D eigenvalue weighted by Gasteiger charge is 2.03. The maximum atomic E-state index is 11.7. The molecule has 1 aromatic rings. The second kappa shape index (κ2) is 17.6. The molecule has 0 spiro atoms. The average molecular weight is 391 g/mol. The summed E-state index contributed by atoms with van der Waals surface area (Å²) in [6.45, 7) is 2.69. The Bertz CT molecular complexity index is 481. The Morgan fingerprint density at radius 2 is 1.21 bits per heavy atom. The lowest BCUT2D eigenvalue weighted by Gasteiger charge is -2.06. The summed E-state index contributed by atoms with van der Waals surface area (Å²) in [7, 11) is 0. The second-order valence-electron chi connectivity index (χ2n) is 7.98. The molecule has 3 heteroatoms. The van der Waals surface area contributed by atoms with Crippen LogP contribution in [0, 0.1) is 0 Å². The first-order valence-electron chi connectivity index (χ1n) is 11.7. The molecule has 28 heavy (non-hydrogen) atoms. The first-order chi connectivity index (χ1) is 13.7. The van der Waals surface area contributed by atoms with Crippen molar-refractivity contribution in [3.63, 3.8) is 0 Å². The van der Waals surface area contributed by atoms with Crippen molar-refractivity contribution >= 4 is 5.97 Å². The number of carbonyl (C=O) groups is 1. The van der Waals surface area contributed by atoms with Gasteiger partial charge in [0.05, 0.1) is 6.61 Å². The number of phenolic OH excluding ortho intramolecular Hbond substituents is 1. The first kappa shape index (κ1) is 24.5. The molecular weight excluding hydrogens is 348 g/mol. The van der Waals surface area contributed by atoms with E-state index in [0.717, 1.165) is 18.4 Å². The Morgan fingerprint density at radius 1 is 0.750 bits per heavy atom. The van der Waals surface area contributed by atoms with Gasteiger partial charge in [-0.15, -0.1) is 0 Å². The summed E-state index contributed by atoms with van der Waals surface area (Å²) in [4.78, 5) is 11.7. The Morgan fingerprint density at radius 3 is 1.71 bits per heavy atom. The van der Waals surface area contributed by atoms with Gasteiger partial charge in [0.2, 0.25) is 0 Å². The third kappa shape index (κ3) is 14.5. The Balaban J connectivity index is 1.80. The van der Waals surface area contributed by atoms with E-state index in [0.29, 0.717) is 19.4 Å². The number of esters is 1. The lowest BCUT2D eigenvalue weighted by atomic mass is 10.0. The standard InChI is InChI=1S/C25H42O3/c1-2-3-4-5-6-7-8-9-10-11-12-13-14-15-16-25(27)28-22-21-23-17-19-24(26)20-18-23/h17-20,26H,2-16,21-22H2,1H3. The SMILES string of the molecule is CCCCCCCCCCCCCCCCC(=O)OCCc1ccc(O)cc1. The second-order valence-corrected chi connectivity index (χ2v) is 7.98. The van der Waals surface area contributed by atoms with Crippen molar-refractivity contribution in [2.45, 2.75) is 110 Å². The normalized spacial score (nSPS) is 10.9. The number of aromatic hydroxyl groups is 1. The van der Waals surface area contributed by atoms with Gasteiger partial charge in [0.1, 0.15) is 5.75 Å². The fourth-order valence-electron chi connectivity index (χ4n) is 3.48. The van der Waals surface area contributed by atoms with Crippen molar-refractivity contribution < 1.29 is 14.6 Å². The maximum Gasteiger partial charge on any atom is 0.305 e. The van der Waals surface area contributed by atoms with Crippen LogP contribution in [0.2, 0.25) is 0 Å². The van der Waals surface area contributed by atoms with E-state index in [1.54, 1.807) is 12.1 Å². The highest BCUT2D eigenvalue weighted by atomic mass is 16.5. The summed E-state index contributed by atoms with van der Waals surface area (Å²) < 4.78 is 5.29. The molecule has 0 saturated carbocycles. The van der Waals surface area contributed by atoms with Crippen LogP contribution < -0.4 is 0 Å². The van der Waals surface area contributed by atoms with Crippen molar-refractivity contribution in [3.8, 4) is 5.75 Å². The molecule has 1 rings (SSSR count). The molecule has 1 N–H and O–H groups in total. The smallest absolute Gasteiger partial charge is 0.305 e.